The van der Waals surface area contributed by atoms with Gasteiger partial charge in [0.05, 0.1) is 0 Å². The number of halogens is 1. The topological polar surface area (TPSA) is 67.1 Å². The molecular formula is C22H33ClN6S. The fourth-order valence-corrected chi connectivity index (χ4v) is 4.74. The van der Waals surface area contributed by atoms with Gasteiger partial charge in [-0.3, -0.25) is 4.99 Å². The van der Waals surface area contributed by atoms with Gasteiger partial charge in [0.2, 0.25) is 0 Å². The second-order valence-corrected chi connectivity index (χ2v) is 8.72. The molecule has 3 rings (SSSR count). The summed E-state index contributed by atoms with van der Waals surface area (Å²) >= 11 is 7.94. The minimum atomic E-state index is 0.574. The van der Waals surface area contributed by atoms with Crippen LogP contribution in [0.15, 0.2) is 34.4 Å². The SMILES string of the molecule is CCNC(=NCCCc1nnc(SC)n1C1CCCC1)NCCc1ccccc1Cl. The highest BCUT2D eigenvalue weighted by molar-refractivity contribution is 7.98. The highest BCUT2D eigenvalue weighted by atomic mass is 35.5. The van der Waals surface area contributed by atoms with Crippen molar-refractivity contribution in [3.05, 3.63) is 40.7 Å². The average molecular weight is 449 g/mol. The summed E-state index contributed by atoms with van der Waals surface area (Å²) < 4.78 is 2.38. The normalized spacial score (nSPS) is 15.0. The molecule has 1 aliphatic carbocycles. The first kappa shape index (κ1) is 22.9. The quantitative estimate of drug-likeness (QED) is 0.242. The van der Waals surface area contributed by atoms with Gasteiger partial charge in [-0.2, -0.15) is 0 Å². The number of thioether (sulfide) groups is 1. The van der Waals surface area contributed by atoms with Gasteiger partial charge in [-0.25, -0.2) is 0 Å². The molecule has 8 heteroatoms. The van der Waals surface area contributed by atoms with Gasteiger partial charge in [0.1, 0.15) is 5.82 Å². The third-order valence-electron chi connectivity index (χ3n) is 5.42. The number of nitrogens with one attached hydrogen (secondary N) is 2. The first-order valence-corrected chi connectivity index (χ1v) is 12.6. The molecule has 164 valence electrons. The highest BCUT2D eigenvalue weighted by Gasteiger charge is 2.23. The molecule has 6 nitrogen and oxygen atoms in total. The molecule has 1 heterocycles. The second-order valence-electron chi connectivity index (χ2n) is 7.54. The van der Waals surface area contributed by atoms with Crippen LogP contribution in [0, 0.1) is 0 Å². The van der Waals surface area contributed by atoms with E-state index in [1.807, 2.05) is 18.2 Å². The van der Waals surface area contributed by atoms with Crippen LogP contribution in [0.3, 0.4) is 0 Å². The molecule has 0 bridgehead atoms. The summed E-state index contributed by atoms with van der Waals surface area (Å²) in [6.45, 7) is 4.47. The van der Waals surface area contributed by atoms with Gasteiger partial charge < -0.3 is 15.2 Å². The van der Waals surface area contributed by atoms with E-state index < -0.39 is 0 Å². The Kier molecular flexibility index (Phi) is 9.33. The zero-order valence-electron chi connectivity index (χ0n) is 18.0. The molecule has 1 aromatic heterocycles. The molecule has 30 heavy (non-hydrogen) atoms. The molecule has 0 unspecified atom stereocenters. The Labute approximate surface area is 189 Å². The van der Waals surface area contributed by atoms with E-state index in [4.69, 9.17) is 16.6 Å². The number of benzene rings is 1. The van der Waals surface area contributed by atoms with Crippen molar-refractivity contribution in [2.75, 3.05) is 25.9 Å². The van der Waals surface area contributed by atoms with Crippen LogP contribution >= 0.6 is 23.4 Å². The van der Waals surface area contributed by atoms with Crippen molar-refractivity contribution in [1.29, 1.82) is 0 Å². The van der Waals surface area contributed by atoms with Crippen molar-refractivity contribution in [3.63, 3.8) is 0 Å². The predicted octanol–water partition coefficient (Wildman–Crippen LogP) is 4.50. The Morgan fingerprint density at radius 3 is 2.73 bits per heavy atom. The molecule has 1 fully saturated rings. The van der Waals surface area contributed by atoms with Gasteiger partial charge in [0.15, 0.2) is 11.1 Å². The molecule has 0 amide bonds. The fraction of sp³-hybridized carbons (Fsp3) is 0.591. The molecule has 2 aromatic rings. The molecule has 0 atom stereocenters. The summed E-state index contributed by atoms with van der Waals surface area (Å²) in [6.07, 6.45) is 9.94. The molecule has 1 aliphatic rings. The van der Waals surface area contributed by atoms with E-state index in [1.165, 1.54) is 25.7 Å². The van der Waals surface area contributed by atoms with Crippen LogP contribution in [0.2, 0.25) is 5.02 Å². The van der Waals surface area contributed by atoms with Gasteiger partial charge >= 0.3 is 0 Å². The van der Waals surface area contributed by atoms with Crippen molar-refractivity contribution < 1.29 is 0 Å². The van der Waals surface area contributed by atoms with Crippen molar-refractivity contribution in [2.24, 2.45) is 4.99 Å². The molecule has 1 aromatic carbocycles. The minimum absolute atomic E-state index is 0.574. The van der Waals surface area contributed by atoms with Gasteiger partial charge in [0.25, 0.3) is 0 Å². The van der Waals surface area contributed by atoms with E-state index in [0.29, 0.717) is 6.04 Å². The van der Waals surface area contributed by atoms with Crippen LogP contribution in [-0.4, -0.2) is 46.6 Å². The van der Waals surface area contributed by atoms with Crippen LogP contribution in [0.25, 0.3) is 0 Å². The van der Waals surface area contributed by atoms with Crippen molar-refractivity contribution in [1.82, 2.24) is 25.4 Å². The van der Waals surface area contributed by atoms with Crippen LogP contribution in [0.4, 0.5) is 0 Å². The molecular weight excluding hydrogens is 416 g/mol. The van der Waals surface area contributed by atoms with Gasteiger partial charge in [-0.15, -0.1) is 10.2 Å². The van der Waals surface area contributed by atoms with E-state index in [9.17, 15) is 0 Å². The van der Waals surface area contributed by atoms with Crippen LogP contribution < -0.4 is 10.6 Å². The maximum Gasteiger partial charge on any atom is 0.191 e. The Balaban J connectivity index is 1.50. The summed E-state index contributed by atoms with van der Waals surface area (Å²) in [6, 6.07) is 8.55. The fourth-order valence-electron chi connectivity index (χ4n) is 3.93. The summed E-state index contributed by atoms with van der Waals surface area (Å²) in [4.78, 5) is 4.74. The van der Waals surface area contributed by atoms with E-state index in [0.717, 1.165) is 66.4 Å². The smallest absolute Gasteiger partial charge is 0.191 e. The molecule has 0 spiro atoms. The van der Waals surface area contributed by atoms with Crippen molar-refractivity contribution in [3.8, 4) is 0 Å². The number of nitrogens with zero attached hydrogens (tertiary/aromatic N) is 4. The molecule has 0 radical (unpaired) electrons. The molecule has 2 N–H and O–H groups in total. The summed E-state index contributed by atoms with van der Waals surface area (Å²) in [5.74, 6) is 1.96. The Morgan fingerprint density at radius 1 is 1.20 bits per heavy atom. The number of aliphatic imine (C=N–C) groups is 1. The van der Waals surface area contributed by atoms with E-state index in [1.54, 1.807) is 11.8 Å². The Hall–Kier alpha value is -1.73. The Morgan fingerprint density at radius 2 is 2.00 bits per heavy atom. The van der Waals surface area contributed by atoms with Crippen molar-refractivity contribution in [2.45, 2.75) is 63.1 Å². The van der Waals surface area contributed by atoms with Crippen LogP contribution in [0.5, 0.6) is 0 Å². The lowest BCUT2D eigenvalue weighted by Gasteiger charge is -2.16. The lowest BCUT2D eigenvalue weighted by Crippen LogP contribution is -2.38. The van der Waals surface area contributed by atoms with Gasteiger partial charge in [-0.05, 0) is 50.5 Å². The maximum absolute atomic E-state index is 6.25. The van der Waals surface area contributed by atoms with E-state index in [2.05, 4.69) is 44.6 Å². The monoisotopic (exact) mass is 448 g/mol. The molecule has 0 aliphatic heterocycles. The minimum Gasteiger partial charge on any atom is -0.357 e. The summed E-state index contributed by atoms with van der Waals surface area (Å²) in [5.41, 5.74) is 1.15. The number of guanidine groups is 1. The number of hydrogen-bond acceptors (Lipinski definition) is 4. The number of rotatable bonds is 10. The lowest BCUT2D eigenvalue weighted by atomic mass is 10.1. The van der Waals surface area contributed by atoms with Crippen LogP contribution in [0.1, 0.15) is 56.5 Å². The zero-order valence-corrected chi connectivity index (χ0v) is 19.6. The zero-order chi connectivity index (χ0) is 21.2. The number of aromatic nitrogens is 3. The van der Waals surface area contributed by atoms with Crippen LogP contribution in [-0.2, 0) is 12.8 Å². The standard InChI is InChI=1S/C22H33ClN6S/c1-3-24-21(26-16-14-17-9-4-7-12-19(17)23)25-15-8-13-20-27-28-22(30-2)29(20)18-10-5-6-11-18/h4,7,9,12,18H,3,5-6,8,10-11,13-16H2,1-2H3,(H2,24,25,26). The summed E-state index contributed by atoms with van der Waals surface area (Å²) in [5, 5.41) is 17.5. The molecule has 0 saturated heterocycles. The van der Waals surface area contributed by atoms with Gasteiger partial charge in [-0.1, -0.05) is 54.4 Å². The van der Waals surface area contributed by atoms with Gasteiger partial charge in [0, 0.05) is 37.1 Å². The third kappa shape index (κ3) is 6.38. The first-order chi connectivity index (χ1) is 14.7. The lowest BCUT2D eigenvalue weighted by molar-refractivity contribution is 0.461. The number of aryl methyl sites for hydroxylation is 1. The number of hydrogen-bond donors (Lipinski definition) is 2. The first-order valence-electron chi connectivity index (χ1n) is 11.0. The largest absolute Gasteiger partial charge is 0.357 e. The maximum atomic E-state index is 6.25. The summed E-state index contributed by atoms with van der Waals surface area (Å²) in [7, 11) is 0. The molecule has 1 saturated carbocycles. The van der Waals surface area contributed by atoms with E-state index >= 15 is 0 Å². The Bertz CT molecular complexity index is 816. The van der Waals surface area contributed by atoms with E-state index in [-0.39, 0.29) is 0 Å². The third-order valence-corrected chi connectivity index (χ3v) is 6.44. The van der Waals surface area contributed by atoms with Crippen molar-refractivity contribution >= 4 is 29.3 Å². The highest BCUT2D eigenvalue weighted by Crippen LogP contribution is 2.33. The average Bonchev–Trinajstić information content (AvgIpc) is 3.41. The predicted molar refractivity (Wildman–Crippen MR) is 127 cm³/mol. The second kappa shape index (κ2) is 12.2.